The standard InChI is InChI=1S/C20H17N3O4/c1-13-5-3-7-18(14(13)2)27-20-17(6-4-12-21-20)22-19(24)15-8-10-16(11-9-15)23(25)26/h3-12H,1-2H3,(H,22,24). The van der Waals surface area contributed by atoms with E-state index in [-0.39, 0.29) is 11.6 Å². The number of rotatable bonds is 5. The van der Waals surface area contributed by atoms with Crippen molar-refractivity contribution in [3.8, 4) is 11.6 Å². The third-order valence-corrected chi connectivity index (χ3v) is 4.12. The molecule has 0 aliphatic carbocycles. The van der Waals surface area contributed by atoms with Crippen molar-refractivity contribution in [2.45, 2.75) is 13.8 Å². The van der Waals surface area contributed by atoms with Crippen molar-refractivity contribution in [1.29, 1.82) is 0 Å². The first-order valence-corrected chi connectivity index (χ1v) is 8.20. The number of aromatic nitrogens is 1. The zero-order valence-electron chi connectivity index (χ0n) is 14.8. The number of benzene rings is 2. The fourth-order valence-corrected chi connectivity index (χ4v) is 2.44. The smallest absolute Gasteiger partial charge is 0.269 e. The van der Waals surface area contributed by atoms with Gasteiger partial charge in [-0.1, -0.05) is 12.1 Å². The number of nitro benzene ring substituents is 1. The van der Waals surface area contributed by atoms with Crippen LogP contribution in [0.5, 0.6) is 11.6 Å². The predicted octanol–water partition coefficient (Wildman–Crippen LogP) is 4.65. The Bertz CT molecular complexity index is 1000. The third-order valence-electron chi connectivity index (χ3n) is 4.12. The largest absolute Gasteiger partial charge is 0.437 e. The number of nitrogens with one attached hydrogen (secondary N) is 1. The van der Waals surface area contributed by atoms with E-state index in [0.29, 0.717) is 17.0 Å². The molecule has 0 saturated carbocycles. The van der Waals surface area contributed by atoms with Gasteiger partial charge in [-0.25, -0.2) is 4.98 Å². The third kappa shape index (κ3) is 4.09. The Balaban J connectivity index is 1.82. The molecule has 0 fully saturated rings. The van der Waals surface area contributed by atoms with Crippen molar-refractivity contribution < 1.29 is 14.5 Å². The Kier molecular flexibility index (Phi) is 5.12. The number of nitro groups is 1. The number of ether oxygens (including phenoxy) is 1. The number of pyridine rings is 1. The summed E-state index contributed by atoms with van der Waals surface area (Å²) in [4.78, 5) is 26.9. The van der Waals surface area contributed by atoms with Crippen molar-refractivity contribution in [2.24, 2.45) is 0 Å². The van der Waals surface area contributed by atoms with Gasteiger partial charge >= 0.3 is 0 Å². The van der Waals surface area contributed by atoms with E-state index >= 15 is 0 Å². The minimum atomic E-state index is -0.515. The molecule has 1 amide bonds. The molecule has 0 aliphatic rings. The minimum absolute atomic E-state index is 0.0770. The molecular weight excluding hydrogens is 346 g/mol. The van der Waals surface area contributed by atoms with E-state index in [1.807, 2.05) is 32.0 Å². The minimum Gasteiger partial charge on any atom is -0.437 e. The molecule has 7 heteroatoms. The molecule has 1 N–H and O–H groups in total. The van der Waals surface area contributed by atoms with Crippen LogP contribution < -0.4 is 10.1 Å². The highest BCUT2D eigenvalue weighted by Gasteiger charge is 2.14. The lowest BCUT2D eigenvalue weighted by Gasteiger charge is -2.13. The quantitative estimate of drug-likeness (QED) is 0.526. The van der Waals surface area contributed by atoms with Gasteiger partial charge < -0.3 is 10.1 Å². The summed E-state index contributed by atoms with van der Waals surface area (Å²) in [5.74, 6) is 0.504. The van der Waals surface area contributed by atoms with Crippen LogP contribution in [0.3, 0.4) is 0 Å². The number of hydrogen-bond acceptors (Lipinski definition) is 5. The lowest BCUT2D eigenvalue weighted by Crippen LogP contribution is -2.13. The van der Waals surface area contributed by atoms with Crippen LogP contribution >= 0.6 is 0 Å². The van der Waals surface area contributed by atoms with Crippen LogP contribution in [0.4, 0.5) is 11.4 Å². The van der Waals surface area contributed by atoms with Crippen LogP contribution in [0.25, 0.3) is 0 Å². The van der Waals surface area contributed by atoms with Crippen LogP contribution in [0, 0.1) is 24.0 Å². The Morgan fingerprint density at radius 1 is 1.07 bits per heavy atom. The summed E-state index contributed by atoms with van der Waals surface area (Å²) in [6, 6.07) is 14.4. The van der Waals surface area contributed by atoms with E-state index in [2.05, 4.69) is 10.3 Å². The van der Waals surface area contributed by atoms with Gasteiger partial charge in [0.25, 0.3) is 11.6 Å². The van der Waals surface area contributed by atoms with E-state index in [1.165, 1.54) is 24.3 Å². The van der Waals surface area contributed by atoms with Crippen LogP contribution in [-0.2, 0) is 0 Å². The highest BCUT2D eigenvalue weighted by molar-refractivity contribution is 6.05. The number of carbonyl (C=O) groups is 1. The van der Waals surface area contributed by atoms with Gasteiger partial charge in [0.05, 0.1) is 4.92 Å². The maximum Gasteiger partial charge on any atom is 0.269 e. The van der Waals surface area contributed by atoms with Gasteiger partial charge in [-0.3, -0.25) is 14.9 Å². The molecule has 2 aromatic carbocycles. The predicted molar refractivity (Wildman–Crippen MR) is 101 cm³/mol. The molecule has 0 spiro atoms. The second-order valence-corrected chi connectivity index (χ2v) is 5.91. The molecule has 3 aromatic rings. The normalized spacial score (nSPS) is 10.3. The first kappa shape index (κ1) is 18.1. The lowest BCUT2D eigenvalue weighted by atomic mass is 10.1. The molecular formula is C20H17N3O4. The summed E-state index contributed by atoms with van der Waals surface area (Å²) >= 11 is 0. The van der Waals surface area contributed by atoms with E-state index in [9.17, 15) is 14.9 Å². The summed E-state index contributed by atoms with van der Waals surface area (Å²) in [6.07, 6.45) is 1.57. The highest BCUT2D eigenvalue weighted by Crippen LogP contribution is 2.30. The van der Waals surface area contributed by atoms with Gasteiger partial charge in [0, 0.05) is 23.9 Å². The molecule has 136 valence electrons. The number of hydrogen-bond donors (Lipinski definition) is 1. The van der Waals surface area contributed by atoms with E-state index in [1.54, 1.807) is 18.3 Å². The maximum absolute atomic E-state index is 12.5. The van der Waals surface area contributed by atoms with Crippen molar-refractivity contribution in [2.75, 3.05) is 5.32 Å². The average Bonchev–Trinajstić information content (AvgIpc) is 2.67. The summed E-state index contributed by atoms with van der Waals surface area (Å²) in [5, 5.41) is 13.5. The van der Waals surface area contributed by atoms with Crippen molar-refractivity contribution in [3.63, 3.8) is 0 Å². The molecule has 3 rings (SSSR count). The molecule has 0 atom stereocenters. The Hall–Kier alpha value is -3.74. The molecule has 0 radical (unpaired) electrons. The first-order chi connectivity index (χ1) is 13.0. The molecule has 7 nitrogen and oxygen atoms in total. The molecule has 27 heavy (non-hydrogen) atoms. The molecule has 0 unspecified atom stereocenters. The monoisotopic (exact) mass is 363 g/mol. The highest BCUT2D eigenvalue weighted by atomic mass is 16.6. The van der Waals surface area contributed by atoms with Crippen LogP contribution in [0.1, 0.15) is 21.5 Å². The second-order valence-electron chi connectivity index (χ2n) is 5.91. The van der Waals surface area contributed by atoms with Gasteiger partial charge in [0.2, 0.25) is 5.88 Å². The molecule has 0 aliphatic heterocycles. The summed E-state index contributed by atoms with van der Waals surface area (Å²) < 4.78 is 5.89. The fraction of sp³-hybridized carbons (Fsp3) is 0.100. The maximum atomic E-state index is 12.5. The number of nitrogens with zero attached hydrogens (tertiary/aromatic N) is 2. The number of carbonyl (C=O) groups excluding carboxylic acids is 1. The second kappa shape index (κ2) is 7.65. The molecule has 1 aromatic heterocycles. The number of anilines is 1. The zero-order chi connectivity index (χ0) is 19.4. The van der Waals surface area contributed by atoms with Gasteiger partial charge in [-0.2, -0.15) is 0 Å². The summed E-state index contributed by atoms with van der Waals surface area (Å²) in [6.45, 7) is 3.93. The Morgan fingerprint density at radius 2 is 1.81 bits per heavy atom. The van der Waals surface area contributed by atoms with Gasteiger partial charge in [-0.05, 0) is 55.3 Å². The topological polar surface area (TPSA) is 94.4 Å². The van der Waals surface area contributed by atoms with E-state index in [0.717, 1.165) is 11.1 Å². The van der Waals surface area contributed by atoms with Gasteiger partial charge in [0.1, 0.15) is 11.4 Å². The van der Waals surface area contributed by atoms with Crippen LogP contribution in [0.2, 0.25) is 0 Å². The number of amides is 1. The van der Waals surface area contributed by atoms with Gasteiger partial charge in [-0.15, -0.1) is 0 Å². The van der Waals surface area contributed by atoms with Crippen LogP contribution in [-0.4, -0.2) is 15.8 Å². The molecule has 0 saturated heterocycles. The van der Waals surface area contributed by atoms with Crippen molar-refractivity contribution in [3.05, 3.63) is 87.6 Å². The fourth-order valence-electron chi connectivity index (χ4n) is 2.44. The Morgan fingerprint density at radius 3 is 2.52 bits per heavy atom. The summed E-state index contributed by atoms with van der Waals surface area (Å²) in [7, 11) is 0. The van der Waals surface area contributed by atoms with E-state index < -0.39 is 10.8 Å². The van der Waals surface area contributed by atoms with Crippen molar-refractivity contribution >= 4 is 17.3 Å². The zero-order valence-corrected chi connectivity index (χ0v) is 14.8. The average molecular weight is 363 g/mol. The summed E-state index contributed by atoms with van der Waals surface area (Å²) in [5.41, 5.74) is 2.69. The SMILES string of the molecule is Cc1cccc(Oc2ncccc2NC(=O)c2ccc([N+](=O)[O-])cc2)c1C. The molecule has 0 bridgehead atoms. The van der Waals surface area contributed by atoms with E-state index in [4.69, 9.17) is 4.74 Å². The number of non-ortho nitro benzene ring substituents is 1. The lowest BCUT2D eigenvalue weighted by molar-refractivity contribution is -0.384. The first-order valence-electron chi connectivity index (χ1n) is 8.20. The Labute approximate surface area is 155 Å². The van der Waals surface area contributed by atoms with Crippen molar-refractivity contribution in [1.82, 2.24) is 4.98 Å². The number of aryl methyl sites for hydroxylation is 1. The van der Waals surface area contributed by atoms with Gasteiger partial charge in [0.15, 0.2) is 0 Å². The molecule has 1 heterocycles. The van der Waals surface area contributed by atoms with Crippen LogP contribution in [0.15, 0.2) is 60.8 Å².